The van der Waals surface area contributed by atoms with E-state index in [4.69, 9.17) is 4.52 Å². The van der Waals surface area contributed by atoms with Crippen LogP contribution in [0.25, 0.3) is 0 Å². The van der Waals surface area contributed by atoms with Crippen LogP contribution in [-0.2, 0) is 12.6 Å². The summed E-state index contributed by atoms with van der Waals surface area (Å²) in [5, 5.41) is 11.1. The molecule has 0 aliphatic rings. The Balaban J connectivity index is 2.12. The van der Waals surface area contributed by atoms with Crippen molar-refractivity contribution in [2.75, 3.05) is 5.32 Å². The van der Waals surface area contributed by atoms with E-state index in [1.165, 1.54) is 6.20 Å². The number of nitrogens with one attached hydrogen (secondary N) is 2. The van der Waals surface area contributed by atoms with E-state index in [9.17, 15) is 18.0 Å². The van der Waals surface area contributed by atoms with Gasteiger partial charge in [0.15, 0.2) is 11.5 Å². The van der Waals surface area contributed by atoms with Gasteiger partial charge in [-0.15, -0.1) is 0 Å². The van der Waals surface area contributed by atoms with E-state index in [1.807, 2.05) is 13.8 Å². The van der Waals surface area contributed by atoms with E-state index in [0.717, 1.165) is 0 Å². The number of halogens is 3. The Labute approximate surface area is 117 Å². The third-order valence-corrected chi connectivity index (χ3v) is 2.60. The molecule has 0 fully saturated rings. The lowest BCUT2D eigenvalue weighted by Gasteiger charge is -2.04. The van der Waals surface area contributed by atoms with Crippen molar-refractivity contribution in [3.63, 3.8) is 0 Å². The molecule has 0 aromatic carbocycles. The van der Waals surface area contributed by atoms with Crippen molar-refractivity contribution in [3.05, 3.63) is 29.4 Å². The lowest BCUT2D eigenvalue weighted by molar-refractivity contribution is -0.141. The lowest BCUT2D eigenvalue weighted by Crippen LogP contribution is -2.13. The zero-order valence-electron chi connectivity index (χ0n) is 11.3. The van der Waals surface area contributed by atoms with E-state index in [2.05, 4.69) is 15.6 Å². The molecule has 2 heterocycles. The highest BCUT2D eigenvalue weighted by Crippen LogP contribution is 2.28. The number of nitrogens with zero attached hydrogens (tertiary/aromatic N) is 2. The molecule has 2 aromatic heterocycles. The molecular weight excluding hydrogens is 289 g/mol. The maximum Gasteiger partial charge on any atom is 0.432 e. The summed E-state index contributed by atoms with van der Waals surface area (Å²) in [5.41, 5.74) is -1.12. The van der Waals surface area contributed by atoms with Crippen LogP contribution in [0.1, 0.15) is 35.8 Å². The van der Waals surface area contributed by atoms with Crippen LogP contribution in [0.15, 0.2) is 16.8 Å². The molecule has 0 saturated heterocycles. The first-order valence-electron chi connectivity index (χ1n) is 6.15. The Morgan fingerprint density at radius 2 is 2.19 bits per heavy atom. The lowest BCUT2D eigenvalue weighted by atomic mass is 10.1. The molecule has 2 aromatic rings. The minimum atomic E-state index is -4.58. The summed E-state index contributed by atoms with van der Waals surface area (Å²) in [6.07, 6.45) is -2.73. The van der Waals surface area contributed by atoms with E-state index < -0.39 is 17.8 Å². The molecule has 0 aliphatic carbocycles. The van der Waals surface area contributed by atoms with E-state index >= 15 is 0 Å². The number of rotatable bonds is 4. The summed E-state index contributed by atoms with van der Waals surface area (Å²) in [6.45, 7) is 3.91. The molecule has 114 valence electrons. The average Bonchev–Trinajstić information content (AvgIpc) is 2.97. The first kappa shape index (κ1) is 15.1. The van der Waals surface area contributed by atoms with Gasteiger partial charge in [0.2, 0.25) is 0 Å². The topological polar surface area (TPSA) is 83.8 Å². The molecule has 0 unspecified atom stereocenters. The van der Waals surface area contributed by atoms with Crippen molar-refractivity contribution >= 4 is 11.6 Å². The minimum Gasteiger partial charge on any atom is -0.359 e. The van der Waals surface area contributed by atoms with Gasteiger partial charge in [0.05, 0.1) is 6.20 Å². The summed E-state index contributed by atoms with van der Waals surface area (Å²) in [6, 6.07) is 0.644. The van der Waals surface area contributed by atoms with Gasteiger partial charge in [0.1, 0.15) is 11.4 Å². The maximum absolute atomic E-state index is 12.4. The van der Waals surface area contributed by atoms with E-state index in [0.29, 0.717) is 23.9 Å². The van der Waals surface area contributed by atoms with Crippen LogP contribution in [0, 0.1) is 5.92 Å². The normalized spacial score (nSPS) is 11.9. The molecule has 0 aliphatic heterocycles. The van der Waals surface area contributed by atoms with Crippen LogP contribution in [0.4, 0.5) is 18.9 Å². The highest BCUT2D eigenvalue weighted by Gasteiger charge is 2.33. The fourth-order valence-electron chi connectivity index (χ4n) is 1.65. The van der Waals surface area contributed by atoms with Crippen LogP contribution in [0.2, 0.25) is 0 Å². The molecule has 0 spiro atoms. The van der Waals surface area contributed by atoms with Gasteiger partial charge in [-0.25, -0.2) is 0 Å². The molecule has 6 nitrogen and oxygen atoms in total. The van der Waals surface area contributed by atoms with E-state index in [-0.39, 0.29) is 11.6 Å². The van der Waals surface area contributed by atoms with Crippen molar-refractivity contribution in [1.29, 1.82) is 0 Å². The van der Waals surface area contributed by atoms with Crippen molar-refractivity contribution in [2.24, 2.45) is 5.92 Å². The van der Waals surface area contributed by atoms with Crippen molar-refractivity contribution < 1.29 is 22.5 Å². The first-order chi connectivity index (χ1) is 9.77. The molecule has 0 bridgehead atoms. The number of amides is 1. The van der Waals surface area contributed by atoms with Gasteiger partial charge in [-0.3, -0.25) is 9.89 Å². The van der Waals surface area contributed by atoms with Gasteiger partial charge in [-0.1, -0.05) is 19.0 Å². The SMILES string of the molecule is CC(C)Cc1oncc1NC(=O)c1cc(C(F)(F)F)[nH]n1. The molecule has 9 heteroatoms. The van der Waals surface area contributed by atoms with Gasteiger partial charge < -0.3 is 9.84 Å². The molecular formula is C12H13F3N4O2. The number of anilines is 1. The van der Waals surface area contributed by atoms with Crippen molar-refractivity contribution in [1.82, 2.24) is 15.4 Å². The van der Waals surface area contributed by atoms with Gasteiger partial charge in [-0.2, -0.15) is 18.3 Å². The van der Waals surface area contributed by atoms with E-state index in [1.54, 1.807) is 5.10 Å². The molecule has 1 amide bonds. The molecule has 0 atom stereocenters. The molecule has 21 heavy (non-hydrogen) atoms. The Hall–Kier alpha value is -2.32. The summed E-state index contributed by atoms with van der Waals surface area (Å²) in [7, 11) is 0. The Bertz CT molecular complexity index is 630. The molecule has 0 saturated carbocycles. The average molecular weight is 302 g/mol. The van der Waals surface area contributed by atoms with Crippen LogP contribution in [0.5, 0.6) is 0 Å². The Kier molecular flexibility index (Phi) is 4.01. The zero-order chi connectivity index (χ0) is 15.6. The number of hydrogen-bond donors (Lipinski definition) is 2. The minimum absolute atomic E-state index is 0.274. The van der Waals surface area contributed by atoms with Gasteiger partial charge in [-0.05, 0) is 5.92 Å². The quantitative estimate of drug-likeness (QED) is 0.909. The maximum atomic E-state index is 12.4. The number of aromatic nitrogens is 3. The number of carbonyl (C=O) groups is 1. The van der Waals surface area contributed by atoms with Crippen LogP contribution >= 0.6 is 0 Å². The van der Waals surface area contributed by atoms with Crippen molar-refractivity contribution in [2.45, 2.75) is 26.4 Å². The predicted molar refractivity (Wildman–Crippen MR) is 66.6 cm³/mol. The summed E-state index contributed by atoms with van der Waals surface area (Å²) < 4.78 is 42.3. The number of carbonyl (C=O) groups excluding carboxylic acids is 1. The summed E-state index contributed by atoms with van der Waals surface area (Å²) in [4.78, 5) is 11.9. The summed E-state index contributed by atoms with van der Waals surface area (Å²) in [5.74, 6) is -0.0318. The third-order valence-electron chi connectivity index (χ3n) is 2.60. The fraction of sp³-hybridized carbons (Fsp3) is 0.417. The van der Waals surface area contributed by atoms with Crippen LogP contribution in [-0.4, -0.2) is 21.3 Å². The Morgan fingerprint density at radius 1 is 1.48 bits per heavy atom. The third kappa shape index (κ3) is 3.61. The highest BCUT2D eigenvalue weighted by atomic mass is 19.4. The summed E-state index contributed by atoms with van der Waals surface area (Å²) >= 11 is 0. The van der Waals surface area contributed by atoms with Crippen molar-refractivity contribution in [3.8, 4) is 0 Å². The second-order valence-corrected chi connectivity index (χ2v) is 4.88. The van der Waals surface area contributed by atoms with Gasteiger partial charge >= 0.3 is 6.18 Å². The van der Waals surface area contributed by atoms with Crippen LogP contribution in [0.3, 0.4) is 0 Å². The second-order valence-electron chi connectivity index (χ2n) is 4.88. The predicted octanol–water partition coefficient (Wildman–Crippen LogP) is 2.87. The standard InChI is InChI=1S/C12H13F3N4O2/c1-6(2)3-9-8(5-16-21-9)17-11(20)7-4-10(19-18-7)12(13,14)15/h4-6H,3H2,1-2H3,(H,17,20)(H,18,19). The highest BCUT2D eigenvalue weighted by molar-refractivity contribution is 6.03. The largest absolute Gasteiger partial charge is 0.432 e. The number of aromatic amines is 1. The monoisotopic (exact) mass is 302 g/mol. The first-order valence-corrected chi connectivity index (χ1v) is 6.15. The number of alkyl halides is 3. The Morgan fingerprint density at radius 3 is 2.76 bits per heavy atom. The smallest absolute Gasteiger partial charge is 0.359 e. The zero-order valence-corrected chi connectivity index (χ0v) is 11.3. The fourth-order valence-corrected chi connectivity index (χ4v) is 1.65. The second kappa shape index (κ2) is 5.58. The van der Waals surface area contributed by atoms with Gasteiger partial charge in [0.25, 0.3) is 5.91 Å². The molecule has 2 rings (SSSR count). The molecule has 2 N–H and O–H groups in total. The molecule has 0 radical (unpaired) electrons. The number of H-pyrrole nitrogens is 1. The van der Waals surface area contributed by atoms with Crippen LogP contribution < -0.4 is 5.32 Å². The van der Waals surface area contributed by atoms with Gasteiger partial charge in [0, 0.05) is 12.5 Å². The number of hydrogen-bond acceptors (Lipinski definition) is 4.